The molecule has 0 saturated heterocycles. The Kier molecular flexibility index (Phi) is 8.45. The van der Waals surface area contributed by atoms with Crippen LogP contribution in [0.25, 0.3) is 0 Å². The predicted molar refractivity (Wildman–Crippen MR) is 92.3 cm³/mol. The molecule has 16 nitrogen and oxygen atoms in total. The molecule has 0 spiro atoms. The summed E-state index contributed by atoms with van der Waals surface area (Å²) in [5.41, 5.74) is -8.78. The summed E-state index contributed by atoms with van der Waals surface area (Å²) in [7, 11) is -11.4. The quantitative estimate of drug-likeness (QED) is 0.136. The van der Waals surface area contributed by atoms with E-state index < -0.39 is 96.6 Å². The van der Waals surface area contributed by atoms with Crippen LogP contribution in [0.4, 0.5) is 11.4 Å². The van der Waals surface area contributed by atoms with Crippen LogP contribution < -0.4 is 59.1 Å². The van der Waals surface area contributed by atoms with E-state index in [2.05, 4.69) is 0 Å². The minimum atomic E-state index is -5.69. The second-order valence-electron chi connectivity index (χ2n) is 6.07. The zero-order valence-corrected chi connectivity index (χ0v) is 22.3. The van der Waals surface area contributed by atoms with E-state index in [1.54, 1.807) is 0 Å². The average Bonchev–Trinajstić information content (AvgIpc) is 2.62. The average molecular weight is 534 g/mol. The molecule has 0 atom stereocenters. The Balaban J connectivity index is 0.00000289. The van der Waals surface area contributed by atoms with Gasteiger partial charge in [0, 0.05) is 12.1 Å². The first-order chi connectivity index (χ1) is 14.5. The van der Waals surface area contributed by atoms with Crippen LogP contribution in [-0.4, -0.2) is 57.6 Å². The molecule has 0 unspecified atom stereocenters. The van der Waals surface area contributed by atoms with Crippen molar-refractivity contribution in [2.24, 2.45) is 0 Å². The van der Waals surface area contributed by atoms with Gasteiger partial charge >= 0.3 is 59.1 Å². The van der Waals surface area contributed by atoms with Gasteiger partial charge in [-0.3, -0.25) is 29.8 Å². The van der Waals surface area contributed by atoms with Crippen LogP contribution in [0.5, 0.6) is 11.5 Å². The molecule has 34 heavy (non-hydrogen) atoms. The Morgan fingerprint density at radius 3 is 1.15 bits per heavy atom. The molecule has 0 bridgehead atoms. The van der Waals surface area contributed by atoms with Crippen molar-refractivity contribution in [3.05, 3.63) is 54.6 Å². The largest absolute Gasteiger partial charge is 1.00 e. The number of hydrogen-bond donors (Lipinski definition) is 2. The second-order valence-corrected chi connectivity index (χ2v) is 8.76. The molecule has 2 aromatic carbocycles. The molecule has 0 aromatic heterocycles. The number of phenols is 2. The van der Waals surface area contributed by atoms with Gasteiger partial charge in [-0.15, -0.1) is 0 Å². The van der Waals surface area contributed by atoms with Crippen molar-refractivity contribution >= 4 is 43.2 Å². The van der Waals surface area contributed by atoms with Gasteiger partial charge in [-0.25, -0.2) is 16.8 Å². The Morgan fingerprint density at radius 2 is 0.912 bits per heavy atom. The summed E-state index contributed by atoms with van der Waals surface area (Å²) >= 11 is 0. The number of carbonyl (C=O) groups is 2. The molecular formula is C14H4N2Na2O14S2. The van der Waals surface area contributed by atoms with Crippen molar-refractivity contribution in [3.63, 3.8) is 0 Å². The monoisotopic (exact) mass is 534 g/mol. The topological polar surface area (TPSA) is 275 Å². The van der Waals surface area contributed by atoms with Gasteiger partial charge < -0.3 is 19.3 Å². The van der Waals surface area contributed by atoms with Gasteiger partial charge in [-0.1, -0.05) is 0 Å². The molecule has 0 saturated carbocycles. The van der Waals surface area contributed by atoms with E-state index in [4.69, 9.17) is 0 Å². The van der Waals surface area contributed by atoms with Crippen molar-refractivity contribution in [2.45, 2.75) is 9.79 Å². The Bertz CT molecular complexity index is 1420. The maximum atomic E-state index is 12.9. The van der Waals surface area contributed by atoms with Crippen LogP contribution in [0, 0.1) is 20.2 Å². The van der Waals surface area contributed by atoms with E-state index in [9.17, 15) is 66.0 Å². The van der Waals surface area contributed by atoms with Crippen molar-refractivity contribution in [1.29, 1.82) is 0 Å². The summed E-state index contributed by atoms with van der Waals surface area (Å²) in [6, 6.07) is -0.0936. The number of phenolic OH excluding ortho intramolecular Hbond substituents is 2. The van der Waals surface area contributed by atoms with Crippen LogP contribution >= 0.6 is 0 Å². The van der Waals surface area contributed by atoms with Crippen LogP contribution in [0.3, 0.4) is 0 Å². The first-order valence-corrected chi connectivity index (χ1v) is 10.4. The molecule has 0 amide bonds. The molecule has 0 radical (unpaired) electrons. The number of benzene rings is 2. The van der Waals surface area contributed by atoms with Crippen LogP contribution in [0.15, 0.2) is 21.9 Å². The number of hydrogen-bond acceptors (Lipinski definition) is 14. The Hall–Kier alpha value is -2.00. The molecule has 168 valence electrons. The van der Waals surface area contributed by atoms with E-state index in [-0.39, 0.29) is 71.2 Å². The van der Waals surface area contributed by atoms with Crippen molar-refractivity contribution < 1.29 is 115 Å². The fourth-order valence-corrected chi connectivity index (χ4v) is 4.28. The molecule has 1 aliphatic rings. The molecule has 0 fully saturated rings. The molecule has 3 rings (SSSR count). The standard InChI is InChI=1S/C14H6N2O14S2.2Na/c17-11-5(31(25,26)27)1-3(15(21)22)7-9(11)14(20)10-8(13(7)19)4(16(23)24)2-6(12(10)18)32(28,29)30;;/h1-2,17-18H,(H,25,26,27)(H,28,29,30);;/q;2*+1/p-2. The molecular weight excluding hydrogens is 530 g/mol. The van der Waals surface area contributed by atoms with Crippen molar-refractivity contribution in [3.8, 4) is 11.5 Å². The van der Waals surface area contributed by atoms with Crippen molar-refractivity contribution in [1.82, 2.24) is 0 Å². The van der Waals surface area contributed by atoms with Crippen LogP contribution in [0.1, 0.15) is 31.8 Å². The molecule has 0 aliphatic heterocycles. The maximum absolute atomic E-state index is 12.9. The molecule has 2 N–H and O–H groups in total. The molecule has 2 aromatic rings. The predicted octanol–water partition coefficient (Wildman–Crippen LogP) is -6.49. The third-order valence-corrected chi connectivity index (χ3v) is 6.03. The molecule has 0 heterocycles. The van der Waals surface area contributed by atoms with Crippen molar-refractivity contribution in [2.75, 3.05) is 0 Å². The van der Waals surface area contributed by atoms with Gasteiger partial charge in [0.1, 0.15) is 52.7 Å². The maximum Gasteiger partial charge on any atom is 1.00 e. The number of nitro groups is 2. The Labute approximate surface area is 232 Å². The minimum absolute atomic E-state index is 0. The number of rotatable bonds is 4. The first kappa shape index (κ1) is 30.0. The zero-order chi connectivity index (χ0) is 24.5. The molecule has 1 aliphatic carbocycles. The van der Waals surface area contributed by atoms with E-state index in [0.29, 0.717) is 0 Å². The van der Waals surface area contributed by atoms with E-state index in [0.717, 1.165) is 0 Å². The SMILES string of the molecule is O=C1c2c([N+](=O)[O-])cc(S(=O)(=O)[O-])c(O)c2C(=O)c2c(O)c(S(=O)(=O)[O-])cc([N+](=O)[O-])c21.[Na+].[Na+]. The number of ketones is 2. The minimum Gasteiger partial charge on any atom is -0.744 e. The zero-order valence-electron chi connectivity index (χ0n) is 16.7. The number of nitro benzene ring substituents is 2. The van der Waals surface area contributed by atoms with Crippen LogP contribution in [-0.2, 0) is 20.2 Å². The van der Waals surface area contributed by atoms with Gasteiger partial charge in [0.2, 0.25) is 11.6 Å². The smallest absolute Gasteiger partial charge is 0.744 e. The number of carbonyl (C=O) groups excluding carboxylic acids is 2. The van der Waals surface area contributed by atoms with Gasteiger partial charge in [0.15, 0.2) is 0 Å². The van der Waals surface area contributed by atoms with E-state index in [1.807, 2.05) is 0 Å². The second kappa shape index (κ2) is 9.57. The number of nitrogens with zero attached hydrogens (tertiary/aromatic N) is 2. The summed E-state index contributed by atoms with van der Waals surface area (Å²) in [5, 5.41) is 43.0. The third kappa shape index (κ3) is 4.61. The normalized spacial score (nSPS) is 12.6. The van der Waals surface area contributed by atoms with Gasteiger partial charge in [-0.05, 0) is 0 Å². The van der Waals surface area contributed by atoms with Gasteiger partial charge in [0.05, 0.1) is 21.0 Å². The summed E-state index contributed by atoms with van der Waals surface area (Å²) in [6.45, 7) is 0. The fourth-order valence-electron chi connectivity index (χ4n) is 3.09. The first-order valence-electron chi connectivity index (χ1n) is 7.60. The number of aromatic hydroxyl groups is 2. The summed E-state index contributed by atoms with van der Waals surface area (Å²) in [5.74, 6) is -7.20. The molecule has 20 heteroatoms. The van der Waals surface area contributed by atoms with E-state index in [1.165, 1.54) is 0 Å². The summed E-state index contributed by atoms with van der Waals surface area (Å²) in [4.78, 5) is 42.2. The summed E-state index contributed by atoms with van der Waals surface area (Å²) < 4.78 is 68.1. The third-order valence-electron chi connectivity index (χ3n) is 4.33. The van der Waals surface area contributed by atoms with E-state index >= 15 is 0 Å². The fraction of sp³-hybridized carbons (Fsp3) is 0. The number of fused-ring (bicyclic) bond motifs is 2. The Morgan fingerprint density at radius 1 is 0.647 bits per heavy atom. The van der Waals surface area contributed by atoms with Gasteiger partial charge in [0.25, 0.3) is 11.4 Å². The summed E-state index contributed by atoms with van der Waals surface area (Å²) in [6.07, 6.45) is 0. The van der Waals surface area contributed by atoms with Crippen LogP contribution in [0.2, 0.25) is 0 Å². The van der Waals surface area contributed by atoms with Gasteiger partial charge in [-0.2, -0.15) is 0 Å².